The van der Waals surface area contributed by atoms with Gasteiger partial charge in [-0.05, 0) is 35.9 Å². The van der Waals surface area contributed by atoms with E-state index >= 15 is 0 Å². The first-order valence-electron chi connectivity index (χ1n) is 6.55. The van der Waals surface area contributed by atoms with Crippen molar-refractivity contribution in [2.45, 2.75) is 18.6 Å². The predicted molar refractivity (Wildman–Crippen MR) is 75.3 cm³/mol. The van der Waals surface area contributed by atoms with Gasteiger partial charge in [-0.2, -0.15) is 28.6 Å². The van der Waals surface area contributed by atoms with E-state index in [-0.39, 0.29) is 6.42 Å². The average Bonchev–Trinajstić information content (AvgIpc) is 2.94. The second-order valence-electron chi connectivity index (χ2n) is 4.83. The fraction of sp³-hybridized carbons (Fsp3) is 0.214. The van der Waals surface area contributed by atoms with Gasteiger partial charge in [0, 0.05) is 24.5 Å². The Bertz CT molecular complexity index is 754. The third kappa shape index (κ3) is 3.16. The summed E-state index contributed by atoms with van der Waals surface area (Å²) in [6.07, 6.45) is -1.60. The van der Waals surface area contributed by atoms with Crippen LogP contribution in [0.5, 0.6) is 0 Å². The van der Waals surface area contributed by atoms with Crippen LogP contribution in [0.4, 0.5) is 18.9 Å². The number of aromatic amines is 1. The molecule has 0 saturated heterocycles. The van der Waals surface area contributed by atoms with E-state index in [4.69, 9.17) is 0 Å². The molecule has 114 valence electrons. The minimum atomic E-state index is -4.37. The number of nitrogens with zero attached hydrogens (tertiary/aromatic N) is 3. The highest BCUT2D eigenvalue weighted by Crippen LogP contribution is 2.27. The Hall–Kier alpha value is -2.64. The van der Waals surface area contributed by atoms with Crippen molar-refractivity contribution >= 4 is 16.7 Å². The van der Waals surface area contributed by atoms with Crippen LogP contribution in [0.2, 0.25) is 0 Å². The molecule has 3 aromatic rings. The third-order valence-corrected chi connectivity index (χ3v) is 3.24. The Morgan fingerprint density at radius 2 is 1.77 bits per heavy atom. The summed E-state index contributed by atoms with van der Waals surface area (Å²) in [5.41, 5.74) is 2.02. The van der Waals surface area contributed by atoms with E-state index in [1.165, 1.54) is 18.5 Å². The van der Waals surface area contributed by atoms with Crippen molar-refractivity contribution in [2.24, 2.45) is 0 Å². The van der Waals surface area contributed by atoms with Crippen LogP contribution in [0.15, 0.2) is 42.7 Å². The number of aromatic nitrogens is 4. The Balaban J connectivity index is 1.83. The van der Waals surface area contributed by atoms with Crippen molar-refractivity contribution in [3.63, 3.8) is 0 Å². The number of benzene rings is 1. The van der Waals surface area contributed by atoms with Crippen molar-refractivity contribution in [3.05, 3.63) is 48.3 Å². The van der Waals surface area contributed by atoms with E-state index in [1.807, 2.05) is 0 Å². The fourth-order valence-corrected chi connectivity index (χ4v) is 2.13. The largest absolute Gasteiger partial charge is 0.408 e. The number of hydrogen-bond acceptors (Lipinski definition) is 4. The van der Waals surface area contributed by atoms with Crippen LogP contribution in [0, 0.1) is 0 Å². The molecule has 0 bridgehead atoms. The van der Waals surface area contributed by atoms with Gasteiger partial charge < -0.3 is 5.32 Å². The first kappa shape index (κ1) is 14.3. The van der Waals surface area contributed by atoms with Crippen LogP contribution in [-0.2, 0) is 6.42 Å². The van der Waals surface area contributed by atoms with E-state index < -0.39 is 12.2 Å². The summed E-state index contributed by atoms with van der Waals surface area (Å²) in [5.74, 6) is 0. The number of alkyl halides is 3. The van der Waals surface area contributed by atoms with E-state index in [2.05, 4.69) is 25.7 Å². The van der Waals surface area contributed by atoms with Gasteiger partial charge in [0.25, 0.3) is 0 Å². The number of halogens is 3. The monoisotopic (exact) mass is 307 g/mol. The van der Waals surface area contributed by atoms with E-state index in [1.54, 1.807) is 24.3 Å². The maximum atomic E-state index is 13.2. The van der Waals surface area contributed by atoms with Crippen LogP contribution in [0.3, 0.4) is 0 Å². The molecule has 0 aliphatic carbocycles. The molecule has 0 unspecified atom stereocenters. The second kappa shape index (κ2) is 5.63. The van der Waals surface area contributed by atoms with Crippen LogP contribution in [0.1, 0.15) is 5.56 Å². The third-order valence-electron chi connectivity index (χ3n) is 3.24. The molecule has 0 spiro atoms. The smallest absolute Gasteiger partial charge is 0.374 e. The second-order valence-corrected chi connectivity index (χ2v) is 4.83. The molecule has 0 amide bonds. The minimum absolute atomic E-state index is 0.178. The fourth-order valence-electron chi connectivity index (χ4n) is 2.13. The van der Waals surface area contributed by atoms with Crippen LogP contribution >= 0.6 is 0 Å². The summed E-state index contributed by atoms with van der Waals surface area (Å²) >= 11 is 0. The molecule has 8 heteroatoms. The lowest BCUT2D eigenvalue weighted by Gasteiger charge is -2.22. The van der Waals surface area contributed by atoms with Crippen molar-refractivity contribution in [1.29, 1.82) is 0 Å². The molecule has 2 N–H and O–H groups in total. The number of pyridine rings is 1. The van der Waals surface area contributed by atoms with Gasteiger partial charge in [0.05, 0.1) is 0 Å². The lowest BCUT2D eigenvalue weighted by atomic mass is 10.1. The molecule has 1 aromatic carbocycles. The molecule has 1 atom stereocenters. The molecule has 2 aromatic heterocycles. The normalized spacial score (nSPS) is 13.2. The van der Waals surface area contributed by atoms with Crippen molar-refractivity contribution in [3.8, 4) is 0 Å². The number of H-pyrrole nitrogens is 1. The van der Waals surface area contributed by atoms with Gasteiger partial charge >= 0.3 is 6.18 Å². The molecule has 5 nitrogen and oxygen atoms in total. The Morgan fingerprint density at radius 1 is 1.05 bits per heavy atom. The van der Waals surface area contributed by atoms with Gasteiger partial charge in [0.2, 0.25) is 0 Å². The number of nitrogens with one attached hydrogen (secondary N) is 2. The lowest BCUT2D eigenvalue weighted by Crippen LogP contribution is -2.38. The Morgan fingerprint density at radius 3 is 2.50 bits per heavy atom. The van der Waals surface area contributed by atoms with Gasteiger partial charge in [-0.1, -0.05) is 0 Å². The molecule has 0 radical (unpaired) electrons. The van der Waals surface area contributed by atoms with Crippen molar-refractivity contribution < 1.29 is 13.2 Å². The maximum Gasteiger partial charge on any atom is 0.408 e. The maximum absolute atomic E-state index is 13.2. The van der Waals surface area contributed by atoms with Gasteiger partial charge in [-0.3, -0.25) is 4.98 Å². The highest BCUT2D eigenvalue weighted by atomic mass is 19.4. The van der Waals surface area contributed by atoms with Crippen molar-refractivity contribution in [2.75, 3.05) is 5.32 Å². The number of anilines is 1. The molecular formula is C14H12F3N5. The lowest BCUT2D eigenvalue weighted by molar-refractivity contribution is -0.142. The number of hydrogen-bond donors (Lipinski definition) is 2. The molecule has 0 fully saturated rings. The topological polar surface area (TPSA) is 66.5 Å². The van der Waals surface area contributed by atoms with Gasteiger partial charge in [0.1, 0.15) is 17.1 Å². The zero-order valence-electron chi connectivity index (χ0n) is 11.3. The average molecular weight is 307 g/mol. The molecule has 3 rings (SSSR count). The summed E-state index contributed by atoms with van der Waals surface area (Å²) in [7, 11) is 0. The summed E-state index contributed by atoms with van der Waals surface area (Å²) < 4.78 is 39.7. The highest BCUT2D eigenvalue weighted by molar-refractivity contribution is 5.78. The van der Waals surface area contributed by atoms with Crippen LogP contribution < -0.4 is 5.32 Å². The van der Waals surface area contributed by atoms with Crippen LogP contribution in [0.25, 0.3) is 11.0 Å². The van der Waals surface area contributed by atoms with Gasteiger partial charge in [-0.25, -0.2) is 0 Å². The van der Waals surface area contributed by atoms with E-state index in [9.17, 15) is 13.2 Å². The zero-order valence-corrected chi connectivity index (χ0v) is 11.3. The molecule has 0 saturated carbocycles. The molecule has 0 aliphatic rings. The Kier molecular flexibility index (Phi) is 3.66. The molecule has 0 aliphatic heterocycles. The number of rotatable bonds is 4. The van der Waals surface area contributed by atoms with Crippen molar-refractivity contribution in [1.82, 2.24) is 20.4 Å². The van der Waals surface area contributed by atoms with E-state index in [0.717, 1.165) is 0 Å². The highest BCUT2D eigenvalue weighted by Gasteiger charge is 2.39. The number of fused-ring (bicyclic) bond motifs is 1. The molecule has 22 heavy (non-hydrogen) atoms. The predicted octanol–water partition coefficient (Wildman–Crippen LogP) is 2.94. The quantitative estimate of drug-likeness (QED) is 0.778. The first-order chi connectivity index (χ1) is 10.5. The molecular weight excluding hydrogens is 295 g/mol. The van der Waals surface area contributed by atoms with Crippen LogP contribution in [-0.4, -0.2) is 32.6 Å². The zero-order chi connectivity index (χ0) is 15.6. The first-order valence-corrected chi connectivity index (χ1v) is 6.55. The Labute approximate surface area is 123 Å². The summed E-state index contributed by atoms with van der Waals surface area (Å²) in [6, 6.07) is 6.14. The van der Waals surface area contributed by atoms with Gasteiger partial charge in [-0.15, -0.1) is 0 Å². The van der Waals surface area contributed by atoms with Gasteiger partial charge in [0.15, 0.2) is 0 Å². The summed E-state index contributed by atoms with van der Waals surface area (Å²) in [5, 5.41) is 12.7. The standard InChI is InChI=1S/C14H12F3N5/c15-14(16,17)13(7-9-3-5-18-6-4-9)19-10-1-2-11-12(8-10)21-22-20-11/h1-6,8,13,19H,7H2,(H,20,21,22)/t13-/m0/s1. The summed E-state index contributed by atoms with van der Waals surface area (Å²) in [4.78, 5) is 3.81. The van der Waals surface area contributed by atoms with E-state index in [0.29, 0.717) is 22.3 Å². The SMILES string of the molecule is FC(F)(F)[C@H](Cc1ccncc1)Nc1ccc2n[nH]nc2c1. The minimum Gasteiger partial charge on any atom is -0.374 e. The summed E-state index contributed by atoms with van der Waals surface area (Å²) in [6.45, 7) is 0. The molecule has 2 heterocycles.